The number of carbonyl (C=O) groups excluding carboxylic acids is 1. The molecule has 1 atom stereocenters. The number of nitrogens with one attached hydrogen (secondary N) is 1. The van der Waals surface area contributed by atoms with Gasteiger partial charge in [0.05, 0.1) is 11.1 Å². The summed E-state index contributed by atoms with van der Waals surface area (Å²) in [5, 5.41) is 3.23. The molecule has 1 N–H and O–H groups in total. The predicted octanol–water partition coefficient (Wildman–Crippen LogP) is 5.02. The van der Waals surface area contributed by atoms with E-state index in [0.29, 0.717) is 29.1 Å². The Morgan fingerprint density at radius 2 is 1.95 bits per heavy atom. The van der Waals surface area contributed by atoms with Crippen molar-refractivity contribution < 1.29 is 9.18 Å². The summed E-state index contributed by atoms with van der Waals surface area (Å²) in [6.07, 6.45) is 2.09. The number of benzene rings is 1. The summed E-state index contributed by atoms with van der Waals surface area (Å²) in [5.41, 5.74) is 0.525. The van der Waals surface area contributed by atoms with Crippen molar-refractivity contribution in [1.82, 2.24) is 10.2 Å². The number of carbonyl (C=O) groups is 1. The number of rotatable bonds is 5. The molecule has 122 valence electrons. The Kier molecular flexibility index (Phi) is 5.56. The number of amides is 2. The fraction of sp³-hybridized carbons (Fsp3) is 0.562. The lowest BCUT2D eigenvalue weighted by molar-refractivity contribution is 0.184. The fourth-order valence-electron chi connectivity index (χ4n) is 2.39. The van der Waals surface area contributed by atoms with Crippen LogP contribution in [-0.4, -0.2) is 23.5 Å². The monoisotopic (exact) mass is 346 g/mol. The topological polar surface area (TPSA) is 32.3 Å². The van der Waals surface area contributed by atoms with E-state index in [1.807, 2.05) is 4.90 Å². The molecule has 3 nitrogen and oxygen atoms in total. The summed E-state index contributed by atoms with van der Waals surface area (Å²) in [5.74, 6) is -0.137. The molecule has 1 aliphatic carbocycles. The molecule has 0 bridgehead atoms. The van der Waals surface area contributed by atoms with Gasteiger partial charge in [0, 0.05) is 17.6 Å². The van der Waals surface area contributed by atoms with E-state index in [4.69, 9.17) is 23.2 Å². The Bertz CT molecular complexity index is 561. The van der Waals surface area contributed by atoms with Crippen LogP contribution in [0.25, 0.3) is 0 Å². The molecule has 0 heterocycles. The first-order valence-electron chi connectivity index (χ1n) is 7.51. The van der Waals surface area contributed by atoms with Crippen molar-refractivity contribution in [1.29, 1.82) is 0 Å². The SMILES string of the molecule is CC(C)CN(C(=O)NC(C)c1cc(F)c(Cl)cc1Cl)C1CC1. The Hall–Kier alpha value is -1.00. The maximum absolute atomic E-state index is 13.6. The van der Waals surface area contributed by atoms with Crippen molar-refractivity contribution in [3.05, 3.63) is 33.6 Å². The van der Waals surface area contributed by atoms with E-state index in [2.05, 4.69) is 19.2 Å². The highest BCUT2D eigenvalue weighted by molar-refractivity contribution is 6.35. The first-order chi connectivity index (χ1) is 10.3. The lowest BCUT2D eigenvalue weighted by Crippen LogP contribution is -2.44. The number of hydrogen-bond donors (Lipinski definition) is 1. The van der Waals surface area contributed by atoms with Crippen LogP contribution in [0, 0.1) is 11.7 Å². The highest BCUT2D eigenvalue weighted by Crippen LogP contribution is 2.30. The third kappa shape index (κ3) is 4.26. The van der Waals surface area contributed by atoms with Gasteiger partial charge in [-0.3, -0.25) is 0 Å². The standard InChI is InChI=1S/C16H21Cl2FN2O/c1-9(2)8-21(11-4-5-11)16(22)20-10(3)12-6-15(19)14(18)7-13(12)17/h6-7,9-11H,4-5,8H2,1-3H3,(H,20,22). The highest BCUT2D eigenvalue weighted by Gasteiger charge is 2.33. The predicted molar refractivity (Wildman–Crippen MR) is 87.9 cm³/mol. The molecule has 0 aromatic heterocycles. The summed E-state index contributed by atoms with van der Waals surface area (Å²) < 4.78 is 13.6. The van der Waals surface area contributed by atoms with Gasteiger partial charge >= 0.3 is 6.03 Å². The highest BCUT2D eigenvalue weighted by atomic mass is 35.5. The summed E-state index contributed by atoms with van der Waals surface area (Å²) in [4.78, 5) is 14.3. The van der Waals surface area contributed by atoms with Crippen molar-refractivity contribution in [2.24, 2.45) is 5.92 Å². The van der Waals surface area contributed by atoms with E-state index in [1.54, 1.807) is 6.92 Å². The van der Waals surface area contributed by atoms with Crippen LogP contribution in [0.2, 0.25) is 10.0 Å². The molecule has 2 amide bonds. The first-order valence-corrected chi connectivity index (χ1v) is 8.26. The third-order valence-electron chi connectivity index (χ3n) is 3.66. The molecule has 1 unspecified atom stereocenters. The molecule has 6 heteroatoms. The van der Waals surface area contributed by atoms with Crippen molar-refractivity contribution in [2.45, 2.75) is 45.7 Å². The molecule has 1 aliphatic rings. The lowest BCUT2D eigenvalue weighted by atomic mass is 10.1. The third-order valence-corrected chi connectivity index (χ3v) is 4.27. The van der Waals surface area contributed by atoms with Gasteiger partial charge in [-0.05, 0) is 43.4 Å². The van der Waals surface area contributed by atoms with E-state index in [0.717, 1.165) is 12.8 Å². The molecule has 0 aliphatic heterocycles. The maximum Gasteiger partial charge on any atom is 0.318 e. The normalized spacial score (nSPS) is 15.8. The summed E-state index contributed by atoms with van der Waals surface area (Å²) in [7, 11) is 0. The Morgan fingerprint density at radius 1 is 1.32 bits per heavy atom. The molecular formula is C16H21Cl2FN2O. The molecule has 1 aromatic carbocycles. The zero-order valence-corrected chi connectivity index (χ0v) is 14.5. The van der Waals surface area contributed by atoms with Gasteiger partial charge in [-0.15, -0.1) is 0 Å². The van der Waals surface area contributed by atoms with Crippen LogP contribution in [0.15, 0.2) is 12.1 Å². The Morgan fingerprint density at radius 3 is 2.50 bits per heavy atom. The van der Waals surface area contributed by atoms with Crippen LogP contribution < -0.4 is 5.32 Å². The first kappa shape index (κ1) is 17.4. The second-order valence-corrected chi connectivity index (χ2v) is 7.05. The van der Waals surface area contributed by atoms with Crippen LogP contribution in [0.5, 0.6) is 0 Å². The average Bonchev–Trinajstić information content (AvgIpc) is 3.24. The van der Waals surface area contributed by atoms with Gasteiger partial charge in [-0.25, -0.2) is 9.18 Å². The second kappa shape index (κ2) is 7.05. The molecule has 22 heavy (non-hydrogen) atoms. The fourth-order valence-corrected chi connectivity index (χ4v) is 2.94. The summed E-state index contributed by atoms with van der Waals surface area (Å²) >= 11 is 11.8. The lowest BCUT2D eigenvalue weighted by Gasteiger charge is -2.27. The van der Waals surface area contributed by atoms with Gasteiger partial charge in [0.2, 0.25) is 0 Å². The zero-order chi connectivity index (χ0) is 16.4. The number of hydrogen-bond acceptors (Lipinski definition) is 1. The van der Waals surface area contributed by atoms with E-state index in [1.165, 1.54) is 12.1 Å². The summed E-state index contributed by atoms with van der Waals surface area (Å²) in [6.45, 7) is 6.66. The van der Waals surface area contributed by atoms with Gasteiger partial charge in [0.15, 0.2) is 0 Å². The molecule has 1 fully saturated rings. The van der Waals surface area contributed by atoms with E-state index >= 15 is 0 Å². The molecular weight excluding hydrogens is 326 g/mol. The van der Waals surface area contributed by atoms with Crippen molar-refractivity contribution in [3.63, 3.8) is 0 Å². The summed E-state index contributed by atoms with van der Waals surface area (Å²) in [6, 6.07) is 2.45. The van der Waals surface area contributed by atoms with Gasteiger partial charge < -0.3 is 10.2 Å². The van der Waals surface area contributed by atoms with Gasteiger partial charge in [-0.1, -0.05) is 37.0 Å². The molecule has 1 saturated carbocycles. The molecule has 0 radical (unpaired) electrons. The van der Waals surface area contributed by atoms with Crippen LogP contribution in [0.1, 0.15) is 45.2 Å². The minimum Gasteiger partial charge on any atom is -0.331 e. The number of halogens is 3. The van der Waals surface area contributed by atoms with E-state index in [9.17, 15) is 9.18 Å². The van der Waals surface area contributed by atoms with Crippen LogP contribution >= 0.6 is 23.2 Å². The number of urea groups is 1. The largest absolute Gasteiger partial charge is 0.331 e. The Balaban J connectivity index is 2.08. The molecule has 2 rings (SSSR count). The smallest absolute Gasteiger partial charge is 0.318 e. The second-order valence-electron chi connectivity index (χ2n) is 6.24. The van der Waals surface area contributed by atoms with Gasteiger partial charge in [0.25, 0.3) is 0 Å². The average molecular weight is 347 g/mol. The molecule has 0 saturated heterocycles. The zero-order valence-electron chi connectivity index (χ0n) is 13.0. The van der Waals surface area contributed by atoms with Crippen LogP contribution in [0.4, 0.5) is 9.18 Å². The molecule has 0 spiro atoms. The van der Waals surface area contributed by atoms with E-state index < -0.39 is 5.82 Å². The van der Waals surface area contributed by atoms with Crippen molar-refractivity contribution >= 4 is 29.2 Å². The quantitative estimate of drug-likeness (QED) is 0.745. The number of nitrogens with zero attached hydrogens (tertiary/aromatic N) is 1. The maximum atomic E-state index is 13.6. The van der Waals surface area contributed by atoms with Crippen molar-refractivity contribution in [3.8, 4) is 0 Å². The van der Waals surface area contributed by atoms with Gasteiger partial charge in [0.1, 0.15) is 5.82 Å². The minimum atomic E-state index is -0.539. The van der Waals surface area contributed by atoms with E-state index in [-0.39, 0.29) is 17.1 Å². The minimum absolute atomic E-state index is 0.0216. The Labute approximate surface area is 140 Å². The molecule has 1 aromatic rings. The van der Waals surface area contributed by atoms with Gasteiger partial charge in [-0.2, -0.15) is 0 Å². The van der Waals surface area contributed by atoms with Crippen LogP contribution in [-0.2, 0) is 0 Å². The van der Waals surface area contributed by atoms with Crippen molar-refractivity contribution in [2.75, 3.05) is 6.54 Å². The van der Waals surface area contributed by atoms with Crippen LogP contribution in [0.3, 0.4) is 0 Å².